The van der Waals surface area contributed by atoms with Gasteiger partial charge >= 0.3 is 0 Å². The van der Waals surface area contributed by atoms with Crippen molar-refractivity contribution >= 4 is 11.8 Å². The lowest BCUT2D eigenvalue weighted by molar-refractivity contribution is 0.519. The highest BCUT2D eigenvalue weighted by Gasteiger charge is 2.30. The summed E-state index contributed by atoms with van der Waals surface area (Å²) >= 11 is 1.99. The Bertz CT molecular complexity index is 333. The normalized spacial score (nSPS) is 17.4. The number of thioether (sulfide) groups is 1. The summed E-state index contributed by atoms with van der Waals surface area (Å²) in [5.41, 5.74) is 1.36. The maximum absolute atomic E-state index is 3.61. The van der Waals surface area contributed by atoms with Gasteiger partial charge in [-0.3, -0.25) is 0 Å². The number of hydrogen-bond acceptors (Lipinski definition) is 2. The zero-order valence-corrected chi connectivity index (χ0v) is 11.0. The van der Waals surface area contributed by atoms with Gasteiger partial charge < -0.3 is 5.32 Å². The number of benzene rings is 1. The maximum atomic E-state index is 3.61. The van der Waals surface area contributed by atoms with Crippen LogP contribution in [0.2, 0.25) is 0 Å². The van der Waals surface area contributed by atoms with Gasteiger partial charge in [0.15, 0.2) is 0 Å². The summed E-state index contributed by atoms with van der Waals surface area (Å²) in [5.74, 6) is 2.15. The SMILES string of the molecule is CCNC(CSc1cccc(C)c1)C1CC1. The predicted octanol–water partition coefficient (Wildman–Crippen LogP) is 3.48. The van der Waals surface area contributed by atoms with Crippen molar-refractivity contribution in [2.45, 2.75) is 37.6 Å². The highest BCUT2D eigenvalue weighted by atomic mass is 32.2. The van der Waals surface area contributed by atoms with Gasteiger partial charge in [0, 0.05) is 16.7 Å². The fraction of sp³-hybridized carbons (Fsp3) is 0.571. The Morgan fingerprint density at radius 2 is 2.25 bits per heavy atom. The summed E-state index contributed by atoms with van der Waals surface area (Å²) < 4.78 is 0. The van der Waals surface area contributed by atoms with Gasteiger partial charge in [0.2, 0.25) is 0 Å². The van der Waals surface area contributed by atoms with Gasteiger partial charge in [0.25, 0.3) is 0 Å². The molecule has 88 valence electrons. The summed E-state index contributed by atoms with van der Waals surface area (Å²) in [6.07, 6.45) is 2.85. The summed E-state index contributed by atoms with van der Waals surface area (Å²) in [5, 5.41) is 3.61. The van der Waals surface area contributed by atoms with Crippen molar-refractivity contribution in [3.05, 3.63) is 29.8 Å². The van der Waals surface area contributed by atoms with Crippen molar-refractivity contribution < 1.29 is 0 Å². The molecular weight excluding hydrogens is 214 g/mol. The van der Waals surface area contributed by atoms with Crippen LogP contribution in [0.1, 0.15) is 25.3 Å². The third kappa shape index (κ3) is 3.53. The van der Waals surface area contributed by atoms with Crippen molar-refractivity contribution in [1.29, 1.82) is 0 Å². The smallest absolute Gasteiger partial charge is 0.0189 e. The highest BCUT2D eigenvalue weighted by molar-refractivity contribution is 7.99. The summed E-state index contributed by atoms with van der Waals surface area (Å²) in [6.45, 7) is 5.45. The van der Waals surface area contributed by atoms with Gasteiger partial charge in [-0.25, -0.2) is 0 Å². The maximum Gasteiger partial charge on any atom is 0.0189 e. The molecule has 2 heteroatoms. The van der Waals surface area contributed by atoms with E-state index in [-0.39, 0.29) is 0 Å². The van der Waals surface area contributed by atoms with Crippen LogP contribution in [0.25, 0.3) is 0 Å². The molecular formula is C14H21NS. The van der Waals surface area contributed by atoms with Crippen molar-refractivity contribution in [2.75, 3.05) is 12.3 Å². The number of hydrogen-bond donors (Lipinski definition) is 1. The minimum absolute atomic E-state index is 0.718. The number of nitrogens with one attached hydrogen (secondary N) is 1. The van der Waals surface area contributed by atoms with E-state index in [4.69, 9.17) is 0 Å². The molecule has 0 amide bonds. The average molecular weight is 235 g/mol. The minimum atomic E-state index is 0.718. The Morgan fingerprint density at radius 3 is 2.88 bits per heavy atom. The second kappa shape index (κ2) is 5.74. The van der Waals surface area contributed by atoms with Crippen molar-refractivity contribution in [3.63, 3.8) is 0 Å². The van der Waals surface area contributed by atoms with Crippen LogP contribution in [0.15, 0.2) is 29.2 Å². The van der Waals surface area contributed by atoms with E-state index >= 15 is 0 Å². The van der Waals surface area contributed by atoms with Crippen LogP contribution >= 0.6 is 11.8 Å². The Labute approximate surface area is 103 Å². The van der Waals surface area contributed by atoms with Crippen molar-refractivity contribution in [2.24, 2.45) is 5.92 Å². The van der Waals surface area contributed by atoms with Crippen molar-refractivity contribution in [3.8, 4) is 0 Å². The Balaban J connectivity index is 1.85. The van der Waals surface area contributed by atoms with E-state index in [2.05, 4.69) is 43.4 Å². The molecule has 2 rings (SSSR count). The molecule has 0 aromatic heterocycles. The van der Waals surface area contributed by atoms with Crippen LogP contribution in [-0.4, -0.2) is 18.3 Å². The fourth-order valence-electron chi connectivity index (χ4n) is 2.01. The molecule has 0 bridgehead atoms. The first kappa shape index (κ1) is 12.0. The molecule has 1 nitrogen and oxygen atoms in total. The van der Waals surface area contributed by atoms with Crippen LogP contribution in [0.5, 0.6) is 0 Å². The van der Waals surface area contributed by atoms with Gasteiger partial charge in [0.05, 0.1) is 0 Å². The molecule has 1 saturated carbocycles. The third-order valence-corrected chi connectivity index (χ3v) is 4.19. The predicted molar refractivity (Wildman–Crippen MR) is 72.1 cm³/mol. The molecule has 0 spiro atoms. The van der Waals surface area contributed by atoms with Gasteiger partial charge in [-0.15, -0.1) is 11.8 Å². The average Bonchev–Trinajstić information content (AvgIpc) is 3.08. The zero-order chi connectivity index (χ0) is 11.4. The van der Waals surface area contributed by atoms with E-state index in [1.54, 1.807) is 0 Å². The molecule has 0 radical (unpaired) electrons. The molecule has 1 atom stereocenters. The first-order valence-electron chi connectivity index (χ1n) is 6.22. The number of rotatable bonds is 6. The molecule has 1 aromatic rings. The van der Waals surface area contributed by atoms with E-state index in [9.17, 15) is 0 Å². The van der Waals surface area contributed by atoms with E-state index < -0.39 is 0 Å². The second-order valence-corrected chi connectivity index (χ2v) is 5.72. The quantitative estimate of drug-likeness (QED) is 0.758. The molecule has 1 fully saturated rings. The molecule has 0 heterocycles. The number of aryl methyl sites for hydroxylation is 1. The largest absolute Gasteiger partial charge is 0.313 e. The molecule has 0 saturated heterocycles. The molecule has 1 aromatic carbocycles. The van der Waals surface area contributed by atoms with Crippen LogP contribution in [0.4, 0.5) is 0 Å². The van der Waals surface area contributed by atoms with Crippen LogP contribution in [0.3, 0.4) is 0 Å². The molecule has 1 aliphatic rings. The summed E-state index contributed by atoms with van der Waals surface area (Å²) in [7, 11) is 0. The second-order valence-electron chi connectivity index (χ2n) is 4.63. The molecule has 1 unspecified atom stereocenters. The molecule has 1 N–H and O–H groups in total. The van der Waals surface area contributed by atoms with E-state index in [1.807, 2.05) is 11.8 Å². The van der Waals surface area contributed by atoms with E-state index in [0.29, 0.717) is 0 Å². The van der Waals surface area contributed by atoms with Crippen LogP contribution in [-0.2, 0) is 0 Å². The highest BCUT2D eigenvalue weighted by Crippen LogP contribution is 2.35. The van der Waals surface area contributed by atoms with Gasteiger partial charge in [0.1, 0.15) is 0 Å². The standard InChI is InChI=1S/C14H21NS/c1-3-15-14(12-7-8-12)10-16-13-6-4-5-11(2)9-13/h4-6,9,12,14-15H,3,7-8,10H2,1-2H3. The summed E-state index contributed by atoms with van der Waals surface area (Å²) in [4.78, 5) is 1.41. The lowest BCUT2D eigenvalue weighted by Crippen LogP contribution is -2.33. The third-order valence-electron chi connectivity index (χ3n) is 3.08. The van der Waals surface area contributed by atoms with Crippen LogP contribution in [0, 0.1) is 12.8 Å². The van der Waals surface area contributed by atoms with Gasteiger partial charge in [-0.1, -0.05) is 24.6 Å². The van der Waals surface area contributed by atoms with Crippen LogP contribution < -0.4 is 5.32 Å². The monoisotopic (exact) mass is 235 g/mol. The Kier molecular flexibility index (Phi) is 4.30. The molecule has 0 aliphatic heterocycles. The first-order valence-corrected chi connectivity index (χ1v) is 7.21. The lowest BCUT2D eigenvalue weighted by atomic mass is 10.2. The molecule has 1 aliphatic carbocycles. The van der Waals surface area contributed by atoms with Gasteiger partial charge in [-0.05, 0) is 44.4 Å². The van der Waals surface area contributed by atoms with E-state index in [1.165, 1.54) is 29.1 Å². The van der Waals surface area contributed by atoms with Crippen molar-refractivity contribution in [1.82, 2.24) is 5.32 Å². The zero-order valence-electron chi connectivity index (χ0n) is 10.2. The summed E-state index contributed by atoms with van der Waals surface area (Å²) in [6, 6.07) is 9.52. The first-order chi connectivity index (χ1) is 7.79. The fourth-order valence-corrected chi connectivity index (χ4v) is 3.22. The lowest BCUT2D eigenvalue weighted by Gasteiger charge is -2.16. The van der Waals surface area contributed by atoms with E-state index in [0.717, 1.165) is 18.5 Å². The minimum Gasteiger partial charge on any atom is -0.313 e. The Hall–Kier alpha value is -0.470. The van der Waals surface area contributed by atoms with Gasteiger partial charge in [-0.2, -0.15) is 0 Å². The topological polar surface area (TPSA) is 12.0 Å². The Morgan fingerprint density at radius 1 is 1.44 bits per heavy atom. The molecule has 16 heavy (non-hydrogen) atoms.